The molecule has 3 N–H and O–H groups in total. The summed E-state index contributed by atoms with van der Waals surface area (Å²) in [4.78, 5) is 25.4. The lowest BCUT2D eigenvalue weighted by atomic mass is 10.1. The summed E-state index contributed by atoms with van der Waals surface area (Å²) in [6.45, 7) is 1.76. The van der Waals surface area contributed by atoms with Crippen LogP contribution in [0.4, 0.5) is 4.39 Å². The molecule has 4 atom stereocenters. The van der Waals surface area contributed by atoms with Gasteiger partial charge in [-0.05, 0) is 24.7 Å². The van der Waals surface area contributed by atoms with Gasteiger partial charge in [0.15, 0.2) is 0 Å². The zero-order valence-electron chi connectivity index (χ0n) is 17.6. The van der Waals surface area contributed by atoms with Crippen molar-refractivity contribution in [1.82, 2.24) is 15.5 Å². The molecular formula is C23H28FN3O4. The summed E-state index contributed by atoms with van der Waals surface area (Å²) in [6, 6.07) is 14.7. The Balaban J connectivity index is 1.75. The van der Waals surface area contributed by atoms with Crippen LogP contribution < -0.4 is 15.4 Å². The van der Waals surface area contributed by atoms with E-state index in [-0.39, 0.29) is 18.4 Å². The molecule has 0 bridgehead atoms. The number of rotatable bonds is 8. The van der Waals surface area contributed by atoms with Gasteiger partial charge in [-0.25, -0.2) is 4.39 Å². The van der Waals surface area contributed by atoms with Crippen LogP contribution in [0.1, 0.15) is 18.9 Å². The van der Waals surface area contributed by atoms with Crippen LogP contribution in [-0.4, -0.2) is 59.7 Å². The molecule has 1 aliphatic carbocycles. The van der Waals surface area contributed by atoms with Crippen LogP contribution in [0.15, 0.2) is 54.6 Å². The Morgan fingerprint density at radius 1 is 1.19 bits per heavy atom. The van der Waals surface area contributed by atoms with E-state index in [0.717, 1.165) is 5.56 Å². The molecule has 166 valence electrons. The van der Waals surface area contributed by atoms with Gasteiger partial charge in [0.1, 0.15) is 23.8 Å². The van der Waals surface area contributed by atoms with Gasteiger partial charge < -0.3 is 20.5 Å². The van der Waals surface area contributed by atoms with E-state index in [4.69, 9.17) is 4.74 Å². The summed E-state index contributed by atoms with van der Waals surface area (Å²) in [7, 11) is 1.87. The van der Waals surface area contributed by atoms with E-state index in [2.05, 4.69) is 10.6 Å². The van der Waals surface area contributed by atoms with Crippen molar-refractivity contribution in [2.75, 3.05) is 13.6 Å². The van der Waals surface area contributed by atoms with Crippen molar-refractivity contribution in [3.63, 3.8) is 0 Å². The van der Waals surface area contributed by atoms with E-state index in [1.807, 2.05) is 42.3 Å². The number of likely N-dealkylation sites (N-methyl/N-ethyl adjacent to an activating group) is 1. The van der Waals surface area contributed by atoms with Crippen molar-refractivity contribution in [1.29, 1.82) is 0 Å². The number of nitrogens with one attached hydrogen (secondary N) is 2. The van der Waals surface area contributed by atoms with Gasteiger partial charge in [0.2, 0.25) is 11.8 Å². The molecule has 1 saturated carbocycles. The molecule has 1 fully saturated rings. The first kappa shape index (κ1) is 22.7. The molecule has 0 radical (unpaired) electrons. The van der Waals surface area contributed by atoms with Crippen LogP contribution in [0, 0.1) is 5.82 Å². The fourth-order valence-electron chi connectivity index (χ4n) is 3.97. The van der Waals surface area contributed by atoms with Crippen molar-refractivity contribution in [3.05, 3.63) is 66.0 Å². The van der Waals surface area contributed by atoms with Crippen LogP contribution in [0.3, 0.4) is 0 Å². The molecule has 2 aromatic rings. The topological polar surface area (TPSA) is 90.9 Å². The normalized spacial score (nSPS) is 22.9. The van der Waals surface area contributed by atoms with Crippen LogP contribution in [0.5, 0.6) is 5.75 Å². The Kier molecular flexibility index (Phi) is 7.59. The predicted octanol–water partition coefficient (Wildman–Crippen LogP) is 1.46. The van der Waals surface area contributed by atoms with Crippen LogP contribution >= 0.6 is 0 Å². The van der Waals surface area contributed by atoms with Gasteiger partial charge in [-0.1, -0.05) is 36.4 Å². The third-order valence-electron chi connectivity index (χ3n) is 5.34. The van der Waals surface area contributed by atoms with Crippen molar-refractivity contribution in [3.8, 4) is 5.75 Å². The number of benzene rings is 2. The highest BCUT2D eigenvalue weighted by atomic mass is 19.1. The van der Waals surface area contributed by atoms with Gasteiger partial charge in [-0.3, -0.25) is 14.5 Å². The maximum Gasteiger partial charge on any atom is 0.239 e. The van der Waals surface area contributed by atoms with E-state index >= 15 is 0 Å². The van der Waals surface area contributed by atoms with Gasteiger partial charge >= 0.3 is 0 Å². The average Bonchev–Trinajstić information content (AvgIpc) is 3.02. The molecule has 2 aromatic carbocycles. The van der Waals surface area contributed by atoms with Gasteiger partial charge in [-0.2, -0.15) is 0 Å². The summed E-state index contributed by atoms with van der Waals surface area (Å²) in [5.74, 6) is -0.759. The summed E-state index contributed by atoms with van der Waals surface area (Å²) < 4.78 is 19.4. The Morgan fingerprint density at radius 2 is 1.94 bits per heavy atom. The third-order valence-corrected chi connectivity index (χ3v) is 5.34. The Bertz CT molecular complexity index is 895. The van der Waals surface area contributed by atoms with Crippen LogP contribution in [0.2, 0.25) is 0 Å². The smallest absolute Gasteiger partial charge is 0.239 e. The molecule has 2 amide bonds. The minimum atomic E-state index is -0.914. The maximum atomic E-state index is 13.5. The van der Waals surface area contributed by atoms with Gasteiger partial charge in [0.25, 0.3) is 0 Å². The molecule has 1 aliphatic rings. The van der Waals surface area contributed by atoms with Crippen molar-refractivity contribution >= 4 is 11.8 Å². The number of halogens is 1. The molecule has 31 heavy (non-hydrogen) atoms. The number of aliphatic hydroxyl groups excluding tert-OH is 1. The second kappa shape index (κ2) is 10.4. The number of hydrogen-bond acceptors (Lipinski definition) is 5. The molecule has 0 heterocycles. The fourth-order valence-corrected chi connectivity index (χ4v) is 3.97. The Hall–Kier alpha value is -2.97. The number of ether oxygens (including phenoxy) is 1. The second-order valence-electron chi connectivity index (χ2n) is 7.82. The molecular weight excluding hydrogens is 401 g/mol. The SMILES string of the molecule is CC(=O)NCC(=O)N[C@@H]1C[C@@H](Oc2cccc(F)c2)[C@H](O)[C@H]1N(C)Cc1ccccc1. The van der Waals surface area contributed by atoms with E-state index in [0.29, 0.717) is 18.7 Å². The largest absolute Gasteiger partial charge is 0.487 e. The first-order chi connectivity index (χ1) is 14.8. The molecule has 0 spiro atoms. The molecule has 3 rings (SSSR count). The highest BCUT2D eigenvalue weighted by Crippen LogP contribution is 2.30. The molecule has 0 aliphatic heterocycles. The molecule has 0 saturated heterocycles. The minimum absolute atomic E-state index is 0.146. The number of aliphatic hydroxyl groups is 1. The quantitative estimate of drug-likeness (QED) is 0.591. The van der Waals surface area contributed by atoms with Gasteiger partial charge in [0, 0.05) is 26.0 Å². The molecule has 8 heteroatoms. The fraction of sp³-hybridized carbons (Fsp3) is 0.391. The highest BCUT2D eigenvalue weighted by Gasteiger charge is 2.46. The van der Waals surface area contributed by atoms with Crippen molar-refractivity contribution in [2.24, 2.45) is 0 Å². The molecule has 0 aromatic heterocycles. The first-order valence-corrected chi connectivity index (χ1v) is 10.2. The predicted molar refractivity (Wildman–Crippen MR) is 114 cm³/mol. The number of nitrogens with zero attached hydrogens (tertiary/aromatic N) is 1. The van der Waals surface area contributed by atoms with Gasteiger partial charge in [0.05, 0.1) is 18.6 Å². The second-order valence-corrected chi connectivity index (χ2v) is 7.82. The number of carbonyl (C=O) groups excluding carboxylic acids is 2. The minimum Gasteiger partial charge on any atom is -0.487 e. The maximum absolute atomic E-state index is 13.5. The van der Waals surface area contributed by atoms with E-state index in [1.54, 1.807) is 6.07 Å². The zero-order chi connectivity index (χ0) is 22.4. The van der Waals surface area contributed by atoms with Crippen LogP contribution in [-0.2, 0) is 16.1 Å². The Labute approximate surface area is 181 Å². The van der Waals surface area contributed by atoms with Gasteiger partial charge in [-0.15, -0.1) is 0 Å². The standard InChI is InChI=1S/C23H28FN3O4/c1-15(28)25-13-21(29)26-19-12-20(31-18-10-6-9-17(24)11-18)23(30)22(19)27(2)14-16-7-4-3-5-8-16/h3-11,19-20,22-23,30H,12-14H2,1-2H3,(H,25,28)(H,26,29)/t19-,20-,22+,23+/m1/s1. The lowest BCUT2D eigenvalue weighted by Gasteiger charge is -2.32. The first-order valence-electron chi connectivity index (χ1n) is 10.2. The summed E-state index contributed by atoms with van der Waals surface area (Å²) >= 11 is 0. The van der Waals surface area contributed by atoms with Crippen molar-refractivity contribution < 1.29 is 23.8 Å². The number of carbonyl (C=O) groups is 2. The average molecular weight is 429 g/mol. The monoisotopic (exact) mass is 429 g/mol. The molecule has 0 unspecified atom stereocenters. The highest BCUT2D eigenvalue weighted by molar-refractivity contribution is 5.83. The van der Waals surface area contributed by atoms with E-state index in [9.17, 15) is 19.1 Å². The van der Waals surface area contributed by atoms with Crippen LogP contribution in [0.25, 0.3) is 0 Å². The van der Waals surface area contributed by atoms with E-state index in [1.165, 1.54) is 25.1 Å². The van der Waals surface area contributed by atoms with Crippen molar-refractivity contribution in [2.45, 2.75) is 44.2 Å². The lowest BCUT2D eigenvalue weighted by Crippen LogP contribution is -2.53. The zero-order valence-corrected chi connectivity index (χ0v) is 17.6. The number of amides is 2. The van der Waals surface area contributed by atoms with E-state index < -0.39 is 30.1 Å². The number of hydrogen-bond donors (Lipinski definition) is 3. The summed E-state index contributed by atoms with van der Waals surface area (Å²) in [6.07, 6.45) is -1.20. The molecule has 7 nitrogen and oxygen atoms in total. The lowest BCUT2D eigenvalue weighted by molar-refractivity contribution is -0.125. The summed E-state index contributed by atoms with van der Waals surface area (Å²) in [5, 5.41) is 16.4. The Morgan fingerprint density at radius 3 is 2.61 bits per heavy atom. The summed E-state index contributed by atoms with van der Waals surface area (Å²) in [5.41, 5.74) is 1.06. The third kappa shape index (κ3) is 6.26.